The lowest BCUT2D eigenvalue weighted by Gasteiger charge is -2.06. The number of amides is 1. The highest BCUT2D eigenvalue weighted by Crippen LogP contribution is 2.29. The number of aromatic nitrogens is 2. The number of hydrogen-bond acceptors (Lipinski definition) is 2. The number of alkyl halides is 3. The smallest absolute Gasteiger partial charge is 0.345 e. The largest absolute Gasteiger partial charge is 0.416 e. The third-order valence-corrected chi connectivity index (χ3v) is 4.60. The van der Waals surface area contributed by atoms with Gasteiger partial charge in [-0.25, -0.2) is 4.79 Å². The molecule has 0 aliphatic rings. The predicted molar refractivity (Wildman–Crippen MR) is 108 cm³/mol. The number of hydrogen-bond donors (Lipinski definition) is 1. The monoisotopic (exact) mass is 415 g/mol. The number of para-hydroxylation sites is 2. The van der Waals surface area contributed by atoms with E-state index in [2.05, 4.69) is 17.2 Å². The van der Waals surface area contributed by atoms with Crippen LogP contribution in [-0.2, 0) is 24.1 Å². The number of carbonyl (C=O) groups is 1. The number of fused-ring (bicyclic) bond motifs is 1. The number of aryl methyl sites for hydroxylation is 2. The zero-order valence-corrected chi connectivity index (χ0v) is 16.3. The van der Waals surface area contributed by atoms with E-state index >= 15 is 0 Å². The molecule has 1 N–H and O–H groups in total. The molecule has 0 spiro atoms. The Balaban J connectivity index is 1.59. The molecule has 1 aromatic heterocycles. The van der Waals surface area contributed by atoms with E-state index in [-0.39, 0.29) is 36.7 Å². The number of imidazole rings is 1. The van der Waals surface area contributed by atoms with Crippen molar-refractivity contribution < 1.29 is 18.0 Å². The molecule has 0 radical (unpaired) electrons. The highest BCUT2D eigenvalue weighted by molar-refractivity contribution is 5.78. The van der Waals surface area contributed by atoms with Gasteiger partial charge >= 0.3 is 11.9 Å². The Hall–Kier alpha value is -3.47. The maximum Gasteiger partial charge on any atom is 0.416 e. The molecule has 0 fully saturated rings. The van der Waals surface area contributed by atoms with Crippen LogP contribution in [0.15, 0.2) is 53.3 Å². The molecule has 0 unspecified atom stereocenters. The fourth-order valence-electron chi connectivity index (χ4n) is 3.16. The van der Waals surface area contributed by atoms with Crippen LogP contribution in [-0.4, -0.2) is 21.6 Å². The molecule has 0 saturated heterocycles. The average molecular weight is 415 g/mol. The number of nitrogens with one attached hydrogen (secondary N) is 1. The summed E-state index contributed by atoms with van der Waals surface area (Å²) in [5.74, 6) is 4.95. The molecule has 0 saturated carbocycles. The van der Waals surface area contributed by atoms with Crippen LogP contribution in [0, 0.1) is 11.8 Å². The lowest BCUT2D eigenvalue weighted by molar-refractivity contribution is -0.137. The van der Waals surface area contributed by atoms with Gasteiger partial charge in [-0.1, -0.05) is 30.0 Å². The van der Waals surface area contributed by atoms with E-state index in [1.165, 1.54) is 12.1 Å². The van der Waals surface area contributed by atoms with Crippen molar-refractivity contribution in [1.82, 2.24) is 14.5 Å². The molecule has 5 nitrogen and oxygen atoms in total. The number of carbonyl (C=O) groups excluding carboxylic acids is 1. The topological polar surface area (TPSA) is 56.0 Å². The number of benzene rings is 2. The molecule has 0 aliphatic carbocycles. The van der Waals surface area contributed by atoms with Crippen LogP contribution >= 0.6 is 0 Å². The molecular weight excluding hydrogens is 395 g/mol. The van der Waals surface area contributed by atoms with Gasteiger partial charge in [-0.05, 0) is 37.3 Å². The van der Waals surface area contributed by atoms with Crippen molar-refractivity contribution in [2.75, 3.05) is 6.54 Å². The van der Waals surface area contributed by atoms with Crippen LogP contribution in [0.1, 0.15) is 24.5 Å². The first-order chi connectivity index (χ1) is 14.3. The third kappa shape index (κ3) is 4.74. The predicted octanol–water partition coefficient (Wildman–Crippen LogP) is 3.40. The molecule has 0 aliphatic heterocycles. The summed E-state index contributed by atoms with van der Waals surface area (Å²) in [7, 11) is 0. The summed E-state index contributed by atoms with van der Waals surface area (Å²) in [5.41, 5.74) is 0.864. The van der Waals surface area contributed by atoms with E-state index in [9.17, 15) is 22.8 Å². The molecule has 3 rings (SSSR count). The molecule has 8 heteroatoms. The Labute approximate surface area is 171 Å². The number of rotatable bonds is 5. The SMILES string of the molecule is CCn1c(=O)n(CCC(=O)NCC#Cc2cccc(C(F)(F)F)c2)c2ccccc21. The maximum absolute atomic E-state index is 12.7. The highest BCUT2D eigenvalue weighted by Gasteiger charge is 2.30. The van der Waals surface area contributed by atoms with E-state index in [0.717, 1.165) is 23.2 Å². The summed E-state index contributed by atoms with van der Waals surface area (Å²) >= 11 is 0. The van der Waals surface area contributed by atoms with Crippen molar-refractivity contribution in [1.29, 1.82) is 0 Å². The third-order valence-electron chi connectivity index (χ3n) is 4.60. The van der Waals surface area contributed by atoms with E-state index < -0.39 is 11.7 Å². The van der Waals surface area contributed by atoms with E-state index in [1.807, 2.05) is 31.2 Å². The molecule has 2 aromatic carbocycles. The second-order valence-corrected chi connectivity index (χ2v) is 6.57. The van der Waals surface area contributed by atoms with Gasteiger partial charge in [-0.2, -0.15) is 13.2 Å². The Morgan fingerprint density at radius 2 is 1.77 bits per heavy atom. The van der Waals surface area contributed by atoms with Gasteiger partial charge in [0.25, 0.3) is 0 Å². The van der Waals surface area contributed by atoms with Gasteiger partial charge in [0.05, 0.1) is 23.1 Å². The zero-order valence-electron chi connectivity index (χ0n) is 16.3. The molecule has 0 atom stereocenters. The maximum atomic E-state index is 12.7. The van der Waals surface area contributed by atoms with Gasteiger partial charge in [0.15, 0.2) is 0 Å². The summed E-state index contributed by atoms with van der Waals surface area (Å²) in [5, 5.41) is 2.60. The van der Waals surface area contributed by atoms with E-state index in [4.69, 9.17) is 0 Å². The van der Waals surface area contributed by atoms with Gasteiger partial charge in [0, 0.05) is 25.1 Å². The second kappa shape index (κ2) is 8.91. The average Bonchev–Trinajstić information content (AvgIpc) is 3.00. The molecule has 0 bridgehead atoms. The van der Waals surface area contributed by atoms with Gasteiger partial charge in [-0.15, -0.1) is 0 Å². The van der Waals surface area contributed by atoms with Crippen LogP contribution < -0.4 is 11.0 Å². The first kappa shape index (κ1) is 21.2. The lowest BCUT2D eigenvalue weighted by atomic mass is 10.1. The van der Waals surface area contributed by atoms with Crippen LogP contribution in [0.2, 0.25) is 0 Å². The Morgan fingerprint density at radius 1 is 1.07 bits per heavy atom. The molecule has 156 valence electrons. The van der Waals surface area contributed by atoms with Crippen LogP contribution in [0.3, 0.4) is 0 Å². The summed E-state index contributed by atoms with van der Waals surface area (Å²) < 4.78 is 41.3. The van der Waals surface area contributed by atoms with Gasteiger partial charge in [0.2, 0.25) is 5.91 Å². The van der Waals surface area contributed by atoms with Gasteiger partial charge in [0.1, 0.15) is 0 Å². The van der Waals surface area contributed by atoms with Gasteiger partial charge < -0.3 is 5.32 Å². The molecule has 3 aromatic rings. The van der Waals surface area contributed by atoms with Crippen molar-refractivity contribution in [2.24, 2.45) is 0 Å². The normalized spacial score (nSPS) is 11.2. The van der Waals surface area contributed by atoms with E-state index in [0.29, 0.717) is 6.54 Å². The lowest BCUT2D eigenvalue weighted by Crippen LogP contribution is -2.28. The molecular formula is C22H20F3N3O2. The second-order valence-electron chi connectivity index (χ2n) is 6.57. The quantitative estimate of drug-likeness (QED) is 0.650. The first-order valence-corrected chi connectivity index (χ1v) is 9.42. The number of halogens is 3. The molecule has 30 heavy (non-hydrogen) atoms. The van der Waals surface area contributed by atoms with E-state index in [1.54, 1.807) is 9.13 Å². The minimum atomic E-state index is -4.43. The summed E-state index contributed by atoms with van der Waals surface area (Å²) in [6.07, 6.45) is -4.34. The summed E-state index contributed by atoms with van der Waals surface area (Å²) in [6, 6.07) is 12.1. The summed E-state index contributed by atoms with van der Waals surface area (Å²) in [6.45, 7) is 2.64. The Morgan fingerprint density at radius 3 is 2.43 bits per heavy atom. The fourth-order valence-corrected chi connectivity index (χ4v) is 3.16. The fraction of sp³-hybridized carbons (Fsp3) is 0.273. The summed E-state index contributed by atoms with van der Waals surface area (Å²) in [4.78, 5) is 24.6. The van der Waals surface area contributed by atoms with Crippen molar-refractivity contribution in [3.05, 3.63) is 70.1 Å². The molecule has 1 heterocycles. The standard InChI is InChI=1S/C22H20F3N3O2/c1-2-27-18-10-3-4-11-19(18)28(21(27)30)14-12-20(29)26-13-6-8-16-7-5-9-17(15-16)22(23,24)25/h3-5,7,9-11,15H,2,12-14H2,1H3,(H,26,29). The van der Waals surface area contributed by atoms with Crippen molar-refractivity contribution in [3.63, 3.8) is 0 Å². The first-order valence-electron chi connectivity index (χ1n) is 9.42. The minimum absolute atomic E-state index is 0.000692. The van der Waals surface area contributed by atoms with Gasteiger partial charge in [-0.3, -0.25) is 13.9 Å². The Bertz CT molecular complexity index is 1180. The zero-order chi connectivity index (χ0) is 21.7. The number of nitrogens with zero attached hydrogens (tertiary/aromatic N) is 2. The van der Waals surface area contributed by atoms with Crippen molar-refractivity contribution >= 4 is 16.9 Å². The molecule has 1 amide bonds. The Kier molecular flexibility index (Phi) is 6.31. The van der Waals surface area contributed by atoms with Crippen LogP contribution in [0.4, 0.5) is 13.2 Å². The van der Waals surface area contributed by atoms with Crippen molar-refractivity contribution in [2.45, 2.75) is 32.6 Å². The highest BCUT2D eigenvalue weighted by atomic mass is 19.4. The van der Waals surface area contributed by atoms with Crippen molar-refractivity contribution in [3.8, 4) is 11.8 Å². The minimum Gasteiger partial charge on any atom is -0.345 e. The van der Waals surface area contributed by atoms with Crippen LogP contribution in [0.5, 0.6) is 0 Å². The van der Waals surface area contributed by atoms with Crippen LogP contribution in [0.25, 0.3) is 11.0 Å².